The zero-order valence-electron chi connectivity index (χ0n) is 20.0. The minimum Gasteiger partial charge on any atom is -0.497 e. The molecule has 0 bridgehead atoms. The average Bonchev–Trinajstić information content (AvgIpc) is 3.30. The fraction of sp³-hybridized carbons (Fsp3) is 0.222. The van der Waals surface area contributed by atoms with Crippen molar-refractivity contribution in [2.24, 2.45) is 0 Å². The number of carboxylic acid groups (broad SMARTS) is 1. The third kappa shape index (κ3) is 3.90. The van der Waals surface area contributed by atoms with Crippen molar-refractivity contribution in [1.82, 2.24) is 0 Å². The molecule has 7 heteroatoms. The van der Waals surface area contributed by atoms with Crippen molar-refractivity contribution in [3.05, 3.63) is 82.9 Å². The number of hydrogen-bond acceptors (Lipinski definition) is 6. The van der Waals surface area contributed by atoms with Gasteiger partial charge in [0, 0.05) is 16.7 Å². The van der Waals surface area contributed by atoms with Gasteiger partial charge in [0.2, 0.25) is 6.79 Å². The van der Waals surface area contributed by atoms with Crippen LogP contribution in [0.3, 0.4) is 0 Å². The molecular formula is C27H24O7. The Bertz CT molecular complexity index is 1350. The van der Waals surface area contributed by atoms with Gasteiger partial charge in [-0.15, -0.1) is 0 Å². The van der Waals surface area contributed by atoms with Crippen LogP contribution in [0.4, 0.5) is 0 Å². The van der Waals surface area contributed by atoms with Crippen LogP contribution in [0.25, 0.3) is 5.57 Å². The Morgan fingerprint density at radius 2 is 1.79 bits per heavy atom. The maximum atomic E-state index is 12.7. The Hall–Kier alpha value is -4.13. The van der Waals surface area contributed by atoms with Crippen LogP contribution in [0.5, 0.6) is 28.7 Å². The van der Waals surface area contributed by atoms with Crippen LogP contribution in [0.15, 0.2) is 66.2 Å². The van der Waals surface area contributed by atoms with Gasteiger partial charge in [0.25, 0.3) is 0 Å². The molecule has 0 saturated heterocycles. The van der Waals surface area contributed by atoms with E-state index in [1.165, 1.54) is 7.11 Å². The summed E-state index contributed by atoms with van der Waals surface area (Å²) >= 11 is 0. The van der Waals surface area contributed by atoms with E-state index in [1.807, 2.05) is 13.8 Å². The zero-order valence-corrected chi connectivity index (χ0v) is 19.0. The monoisotopic (exact) mass is 462 g/mol. The molecule has 2 heterocycles. The molecule has 34 heavy (non-hydrogen) atoms. The molecule has 5 rings (SSSR count). The number of benzene rings is 3. The Kier molecular flexibility index (Phi) is 5.22. The topological polar surface area (TPSA) is 83.5 Å². The second kappa shape index (κ2) is 8.67. The second-order valence-corrected chi connectivity index (χ2v) is 8.17. The van der Waals surface area contributed by atoms with Gasteiger partial charge in [0.15, 0.2) is 17.6 Å². The number of ether oxygens (including phenoxy) is 5. The van der Waals surface area contributed by atoms with E-state index in [4.69, 9.17) is 25.1 Å². The Morgan fingerprint density at radius 3 is 2.53 bits per heavy atom. The Morgan fingerprint density at radius 1 is 1.03 bits per heavy atom. The van der Waals surface area contributed by atoms with Crippen molar-refractivity contribution < 1.29 is 35.0 Å². The van der Waals surface area contributed by atoms with E-state index in [-0.39, 0.29) is 24.5 Å². The molecule has 0 saturated carbocycles. The number of carbonyl (C=O) groups is 1. The summed E-state index contributed by atoms with van der Waals surface area (Å²) in [6, 6.07) is 15.7. The molecule has 0 aliphatic carbocycles. The highest BCUT2D eigenvalue weighted by atomic mass is 16.7. The maximum Gasteiger partial charge on any atom is 0.336 e. The van der Waals surface area contributed by atoms with Gasteiger partial charge in [-0.3, -0.25) is 0 Å². The molecular weight excluding hydrogens is 436 g/mol. The summed E-state index contributed by atoms with van der Waals surface area (Å²) in [6.45, 7) is 3.94. The molecule has 2 aliphatic rings. The largest absolute Gasteiger partial charge is 0.497 e. The van der Waals surface area contributed by atoms with Crippen molar-refractivity contribution in [2.75, 3.05) is 13.9 Å². The van der Waals surface area contributed by atoms with Crippen LogP contribution in [0, 0.1) is 0 Å². The van der Waals surface area contributed by atoms with Crippen molar-refractivity contribution in [1.29, 1.82) is 0 Å². The standard InChI is InChI=1S/C27H24O7/c1-15(2)33-19-9-11-21-20(13-19)24(16-4-7-18(30-3)8-5-16)25(27(28)29)26(34-21)17-6-10-22-23(12-17)32-14-31-22/h4-13,15,26H,14H2,1-3H3,(H,28,29)/t26-/m1/s1/i7T. The molecule has 1 N–H and O–H groups in total. The molecule has 7 nitrogen and oxygen atoms in total. The molecule has 0 aromatic heterocycles. The third-order valence-corrected chi connectivity index (χ3v) is 5.59. The number of methoxy groups -OCH3 is 1. The first-order chi connectivity index (χ1) is 16.9. The molecule has 174 valence electrons. The van der Waals surface area contributed by atoms with Crippen LogP contribution in [0.2, 0.25) is 0 Å². The lowest BCUT2D eigenvalue weighted by Crippen LogP contribution is -2.23. The summed E-state index contributed by atoms with van der Waals surface area (Å²) in [5.41, 5.74) is 2.23. The molecule has 0 unspecified atom stereocenters. The summed E-state index contributed by atoms with van der Waals surface area (Å²) in [4.78, 5) is 12.7. The lowest BCUT2D eigenvalue weighted by atomic mass is 9.85. The molecule has 1 atom stereocenters. The quantitative estimate of drug-likeness (QED) is 0.537. The number of hydrogen-bond donors (Lipinski definition) is 1. The highest BCUT2D eigenvalue weighted by Gasteiger charge is 2.36. The van der Waals surface area contributed by atoms with Crippen LogP contribution < -0.4 is 23.7 Å². The minimum absolute atomic E-state index is 0.0441. The molecule has 3 aromatic carbocycles. The summed E-state index contributed by atoms with van der Waals surface area (Å²) in [7, 11) is 1.49. The fourth-order valence-corrected chi connectivity index (χ4v) is 4.15. The van der Waals surface area contributed by atoms with Crippen LogP contribution in [0.1, 0.15) is 38.0 Å². The first-order valence-electron chi connectivity index (χ1n) is 11.4. The average molecular weight is 462 g/mol. The van der Waals surface area contributed by atoms with Crippen molar-refractivity contribution >= 4 is 11.5 Å². The van der Waals surface area contributed by atoms with Gasteiger partial charge in [0.05, 0.1) is 20.2 Å². The molecule has 0 fully saturated rings. The molecule has 0 radical (unpaired) electrons. The van der Waals surface area contributed by atoms with Crippen molar-refractivity contribution in [3.8, 4) is 28.7 Å². The van der Waals surface area contributed by atoms with Crippen LogP contribution in [-0.2, 0) is 4.79 Å². The normalized spacial score (nSPS) is 16.6. The zero-order chi connectivity index (χ0) is 24.7. The minimum atomic E-state index is -1.13. The Labute approximate surface area is 198 Å². The summed E-state index contributed by atoms with van der Waals surface area (Å²) in [5.74, 6) is 1.47. The summed E-state index contributed by atoms with van der Waals surface area (Å²) in [6.07, 6.45) is -0.983. The fourth-order valence-electron chi connectivity index (χ4n) is 4.15. The number of rotatable bonds is 6. The number of fused-ring (bicyclic) bond motifs is 2. The molecule has 0 spiro atoms. The van der Waals surface area contributed by atoms with E-state index in [9.17, 15) is 9.90 Å². The van der Waals surface area contributed by atoms with Gasteiger partial charge >= 0.3 is 5.97 Å². The van der Waals surface area contributed by atoms with E-state index in [0.717, 1.165) is 0 Å². The SMILES string of the molecule is [3H]c1cc(C2=C(C(=O)O)[C@@H](c3ccc4c(c3)OCO4)Oc3ccc(OC(C)C)cc32)ccc1OC. The van der Waals surface area contributed by atoms with E-state index in [1.54, 1.807) is 54.6 Å². The highest BCUT2D eigenvalue weighted by Crippen LogP contribution is 2.47. The van der Waals surface area contributed by atoms with Crippen LogP contribution in [-0.4, -0.2) is 31.1 Å². The second-order valence-electron chi connectivity index (χ2n) is 8.17. The maximum absolute atomic E-state index is 12.7. The predicted molar refractivity (Wildman–Crippen MR) is 125 cm³/mol. The van der Waals surface area contributed by atoms with Gasteiger partial charge in [-0.2, -0.15) is 0 Å². The lowest BCUT2D eigenvalue weighted by Gasteiger charge is -2.30. The van der Waals surface area contributed by atoms with Gasteiger partial charge in [-0.05, 0) is 61.9 Å². The smallest absolute Gasteiger partial charge is 0.336 e. The lowest BCUT2D eigenvalue weighted by molar-refractivity contribution is -0.133. The predicted octanol–water partition coefficient (Wildman–Crippen LogP) is 5.23. The van der Waals surface area contributed by atoms with Crippen molar-refractivity contribution in [3.63, 3.8) is 0 Å². The Balaban J connectivity index is 1.74. The van der Waals surface area contributed by atoms with Gasteiger partial charge < -0.3 is 28.8 Å². The first kappa shape index (κ1) is 20.5. The van der Waals surface area contributed by atoms with Gasteiger partial charge in [0.1, 0.15) is 17.2 Å². The first-order valence-corrected chi connectivity index (χ1v) is 10.9. The van der Waals surface area contributed by atoms with E-state index >= 15 is 0 Å². The molecule has 0 amide bonds. The van der Waals surface area contributed by atoms with E-state index in [0.29, 0.717) is 51.0 Å². The van der Waals surface area contributed by atoms with Crippen LogP contribution >= 0.6 is 0 Å². The van der Waals surface area contributed by atoms with Crippen molar-refractivity contribution in [2.45, 2.75) is 26.1 Å². The summed E-state index contributed by atoms with van der Waals surface area (Å²) < 4.78 is 36.6. The highest BCUT2D eigenvalue weighted by molar-refractivity contribution is 6.04. The number of aliphatic carboxylic acids is 1. The number of carboxylic acids is 1. The van der Waals surface area contributed by atoms with Gasteiger partial charge in [-0.1, -0.05) is 18.2 Å². The summed E-state index contributed by atoms with van der Waals surface area (Å²) in [5, 5.41) is 10.4. The van der Waals surface area contributed by atoms with E-state index in [2.05, 4.69) is 0 Å². The molecule has 2 aliphatic heterocycles. The van der Waals surface area contributed by atoms with Gasteiger partial charge in [-0.25, -0.2) is 4.79 Å². The third-order valence-electron chi connectivity index (χ3n) is 5.59. The van der Waals surface area contributed by atoms with E-state index < -0.39 is 12.1 Å². The molecule has 3 aromatic rings.